The zero-order chi connectivity index (χ0) is 10.6. The molecule has 0 aromatic carbocycles. The third kappa shape index (κ3) is 2.55. The van der Waals surface area contributed by atoms with Crippen molar-refractivity contribution in [2.45, 2.75) is 44.6 Å². The van der Waals surface area contributed by atoms with Gasteiger partial charge in [0.2, 0.25) is 0 Å². The minimum atomic E-state index is -0.521. The highest BCUT2D eigenvalue weighted by Gasteiger charge is 2.38. The molecule has 3 nitrogen and oxygen atoms in total. The van der Waals surface area contributed by atoms with Crippen LogP contribution < -0.4 is 5.73 Å². The third-order valence-corrected chi connectivity index (χ3v) is 3.19. The van der Waals surface area contributed by atoms with Crippen LogP contribution in [0.25, 0.3) is 0 Å². The van der Waals surface area contributed by atoms with Crippen LogP contribution in [0.2, 0.25) is 0 Å². The highest BCUT2D eigenvalue weighted by molar-refractivity contribution is 5.90. The zero-order valence-corrected chi connectivity index (χ0v) is 9.21. The second-order valence-corrected chi connectivity index (χ2v) is 4.41. The van der Waals surface area contributed by atoms with E-state index in [0.717, 1.165) is 32.1 Å². The van der Waals surface area contributed by atoms with Crippen molar-refractivity contribution in [1.82, 2.24) is 0 Å². The number of hydrogen-bond acceptors (Lipinski definition) is 3. The van der Waals surface area contributed by atoms with Gasteiger partial charge in [0.15, 0.2) is 5.78 Å². The summed E-state index contributed by atoms with van der Waals surface area (Å²) in [6.07, 6.45) is 4.71. The quantitative estimate of drug-likeness (QED) is 0.730. The lowest BCUT2D eigenvalue weighted by Crippen LogP contribution is -2.48. The van der Waals surface area contributed by atoms with Gasteiger partial charge in [-0.2, -0.15) is 0 Å². The minimum absolute atomic E-state index is 0.0399. The summed E-state index contributed by atoms with van der Waals surface area (Å²) in [6.45, 7) is 2.59. The van der Waals surface area contributed by atoms with Crippen molar-refractivity contribution >= 4 is 5.78 Å². The lowest BCUT2D eigenvalue weighted by Gasteiger charge is -2.25. The topological polar surface area (TPSA) is 52.3 Å². The van der Waals surface area contributed by atoms with Gasteiger partial charge in [-0.15, -0.1) is 0 Å². The number of ketones is 1. The van der Waals surface area contributed by atoms with Gasteiger partial charge in [0.05, 0.1) is 5.54 Å². The number of carbonyl (C=O) groups is 1. The van der Waals surface area contributed by atoms with Gasteiger partial charge in [0, 0.05) is 19.6 Å². The Labute approximate surface area is 86.0 Å². The van der Waals surface area contributed by atoms with Crippen LogP contribution in [-0.4, -0.2) is 25.0 Å². The molecule has 0 radical (unpaired) electrons. The summed E-state index contributed by atoms with van der Waals surface area (Å²) in [5.41, 5.74) is 5.56. The van der Waals surface area contributed by atoms with Crippen LogP contribution in [0.15, 0.2) is 0 Å². The number of nitrogens with two attached hydrogens (primary N) is 1. The van der Waals surface area contributed by atoms with Crippen LogP contribution in [0, 0.1) is 5.92 Å². The first-order valence-electron chi connectivity index (χ1n) is 5.42. The zero-order valence-electron chi connectivity index (χ0n) is 9.21. The van der Waals surface area contributed by atoms with Crippen LogP contribution in [-0.2, 0) is 9.53 Å². The molecule has 1 aliphatic carbocycles. The third-order valence-electron chi connectivity index (χ3n) is 3.19. The van der Waals surface area contributed by atoms with E-state index in [4.69, 9.17) is 10.5 Å². The van der Waals surface area contributed by atoms with Crippen molar-refractivity contribution in [1.29, 1.82) is 0 Å². The molecule has 1 unspecified atom stereocenters. The van der Waals surface area contributed by atoms with Gasteiger partial charge in [-0.3, -0.25) is 4.79 Å². The van der Waals surface area contributed by atoms with E-state index in [0.29, 0.717) is 6.61 Å². The van der Waals surface area contributed by atoms with E-state index in [9.17, 15) is 4.79 Å². The van der Waals surface area contributed by atoms with Crippen LogP contribution in [0.5, 0.6) is 0 Å². The summed E-state index contributed by atoms with van der Waals surface area (Å²) in [7, 11) is 1.66. The SMILES string of the molecule is COCCC(C)C(=O)C1(N)CCCC1. The first-order chi connectivity index (χ1) is 6.60. The fourth-order valence-corrected chi connectivity index (χ4v) is 2.17. The molecular formula is C11H21NO2. The van der Waals surface area contributed by atoms with Crippen molar-refractivity contribution in [3.05, 3.63) is 0 Å². The predicted octanol–water partition coefficient (Wildman–Crippen LogP) is 1.50. The Balaban J connectivity index is 2.46. The molecular weight excluding hydrogens is 178 g/mol. The molecule has 0 saturated heterocycles. The normalized spacial score (nSPS) is 22.2. The first kappa shape index (κ1) is 11.7. The number of ether oxygens (including phenoxy) is 1. The fourth-order valence-electron chi connectivity index (χ4n) is 2.17. The Morgan fingerprint density at radius 1 is 1.50 bits per heavy atom. The lowest BCUT2D eigenvalue weighted by molar-refractivity contribution is -0.128. The maximum atomic E-state index is 12.0. The Hall–Kier alpha value is -0.410. The highest BCUT2D eigenvalue weighted by atomic mass is 16.5. The highest BCUT2D eigenvalue weighted by Crippen LogP contribution is 2.30. The summed E-state index contributed by atoms with van der Waals surface area (Å²) in [5.74, 6) is 0.269. The summed E-state index contributed by atoms with van der Waals surface area (Å²) in [5, 5.41) is 0. The first-order valence-corrected chi connectivity index (χ1v) is 5.42. The van der Waals surface area contributed by atoms with E-state index in [-0.39, 0.29) is 11.7 Å². The Morgan fingerprint density at radius 2 is 2.07 bits per heavy atom. The van der Waals surface area contributed by atoms with Gasteiger partial charge < -0.3 is 10.5 Å². The van der Waals surface area contributed by atoms with E-state index < -0.39 is 5.54 Å². The molecule has 0 amide bonds. The predicted molar refractivity (Wildman–Crippen MR) is 56.1 cm³/mol. The molecule has 0 heterocycles. The van der Waals surface area contributed by atoms with Gasteiger partial charge in [-0.25, -0.2) is 0 Å². The Kier molecular flexibility index (Phi) is 4.08. The molecule has 1 aliphatic rings. The summed E-state index contributed by atoms with van der Waals surface area (Å²) >= 11 is 0. The average molecular weight is 199 g/mol. The van der Waals surface area contributed by atoms with E-state index in [1.165, 1.54) is 0 Å². The number of methoxy groups -OCH3 is 1. The van der Waals surface area contributed by atoms with E-state index in [1.807, 2.05) is 6.92 Å². The van der Waals surface area contributed by atoms with Crippen molar-refractivity contribution in [3.63, 3.8) is 0 Å². The number of hydrogen-bond donors (Lipinski definition) is 1. The molecule has 1 fully saturated rings. The molecule has 0 aliphatic heterocycles. The molecule has 0 bridgehead atoms. The number of rotatable bonds is 5. The second kappa shape index (κ2) is 4.89. The lowest BCUT2D eigenvalue weighted by atomic mass is 9.85. The molecule has 2 N–H and O–H groups in total. The molecule has 0 aromatic rings. The summed E-state index contributed by atoms with van der Waals surface area (Å²) in [4.78, 5) is 12.0. The van der Waals surface area contributed by atoms with Crippen LogP contribution in [0.4, 0.5) is 0 Å². The summed E-state index contributed by atoms with van der Waals surface area (Å²) < 4.78 is 4.97. The molecule has 1 rings (SSSR count). The van der Waals surface area contributed by atoms with Gasteiger partial charge in [-0.1, -0.05) is 19.8 Å². The number of carbonyl (C=O) groups excluding carboxylic acids is 1. The maximum absolute atomic E-state index is 12.0. The Morgan fingerprint density at radius 3 is 2.57 bits per heavy atom. The fraction of sp³-hybridized carbons (Fsp3) is 0.909. The van der Waals surface area contributed by atoms with E-state index in [1.54, 1.807) is 7.11 Å². The summed E-state index contributed by atoms with van der Waals surface area (Å²) in [6, 6.07) is 0. The Bertz CT molecular complexity index is 197. The van der Waals surface area contributed by atoms with Gasteiger partial charge in [0.25, 0.3) is 0 Å². The molecule has 0 spiro atoms. The standard InChI is InChI=1S/C11H21NO2/c1-9(5-8-14-2)10(13)11(12)6-3-4-7-11/h9H,3-8,12H2,1-2H3. The van der Waals surface area contributed by atoms with Crippen LogP contribution in [0.1, 0.15) is 39.0 Å². The van der Waals surface area contributed by atoms with Gasteiger partial charge in [0.1, 0.15) is 0 Å². The van der Waals surface area contributed by atoms with Crippen molar-refractivity contribution in [2.75, 3.05) is 13.7 Å². The minimum Gasteiger partial charge on any atom is -0.385 e. The molecule has 82 valence electrons. The van der Waals surface area contributed by atoms with Gasteiger partial charge >= 0.3 is 0 Å². The number of Topliss-reactive ketones (excluding diaryl/α,β-unsaturated/α-hetero) is 1. The molecule has 1 saturated carbocycles. The maximum Gasteiger partial charge on any atom is 0.155 e. The molecule has 0 aromatic heterocycles. The van der Waals surface area contributed by atoms with E-state index in [2.05, 4.69) is 0 Å². The monoisotopic (exact) mass is 199 g/mol. The smallest absolute Gasteiger partial charge is 0.155 e. The van der Waals surface area contributed by atoms with Crippen molar-refractivity contribution in [2.24, 2.45) is 11.7 Å². The van der Waals surface area contributed by atoms with Gasteiger partial charge in [-0.05, 0) is 19.3 Å². The van der Waals surface area contributed by atoms with Crippen LogP contribution in [0.3, 0.4) is 0 Å². The van der Waals surface area contributed by atoms with E-state index >= 15 is 0 Å². The van der Waals surface area contributed by atoms with Crippen molar-refractivity contribution < 1.29 is 9.53 Å². The second-order valence-electron chi connectivity index (χ2n) is 4.41. The van der Waals surface area contributed by atoms with Crippen LogP contribution >= 0.6 is 0 Å². The molecule has 14 heavy (non-hydrogen) atoms. The average Bonchev–Trinajstić information content (AvgIpc) is 2.61. The van der Waals surface area contributed by atoms with Crippen molar-refractivity contribution in [3.8, 4) is 0 Å². The molecule has 1 atom stereocenters. The molecule has 3 heteroatoms. The largest absolute Gasteiger partial charge is 0.385 e.